The molecule has 2 aromatic rings. The number of aryl methyl sites for hydroxylation is 1. The average molecular weight is 301 g/mol. The summed E-state index contributed by atoms with van der Waals surface area (Å²) in [7, 11) is 0. The van der Waals surface area contributed by atoms with Gasteiger partial charge in [0.05, 0.1) is 5.56 Å². The lowest BCUT2D eigenvalue weighted by Gasteiger charge is -2.14. The summed E-state index contributed by atoms with van der Waals surface area (Å²) in [4.78, 5) is 23.9. The van der Waals surface area contributed by atoms with E-state index in [1.807, 2.05) is 19.1 Å². The van der Waals surface area contributed by atoms with Crippen molar-refractivity contribution in [2.24, 2.45) is 0 Å². The van der Waals surface area contributed by atoms with E-state index in [0.29, 0.717) is 5.69 Å². The first-order chi connectivity index (χ1) is 10.5. The Bertz CT molecular complexity index is 700. The van der Waals surface area contributed by atoms with E-state index in [1.165, 1.54) is 25.1 Å². The molecule has 0 spiro atoms. The van der Waals surface area contributed by atoms with Crippen LogP contribution >= 0.6 is 0 Å². The zero-order valence-corrected chi connectivity index (χ0v) is 12.3. The number of hydrogen-bond donors (Lipinski definition) is 1. The van der Waals surface area contributed by atoms with Crippen molar-refractivity contribution in [2.75, 3.05) is 5.32 Å². The van der Waals surface area contributed by atoms with Gasteiger partial charge < -0.3 is 10.1 Å². The van der Waals surface area contributed by atoms with Crippen molar-refractivity contribution in [3.05, 3.63) is 65.5 Å². The highest BCUT2D eigenvalue weighted by atomic mass is 19.1. The van der Waals surface area contributed by atoms with Crippen LogP contribution in [0, 0.1) is 12.7 Å². The van der Waals surface area contributed by atoms with Crippen LogP contribution < -0.4 is 5.32 Å². The Morgan fingerprint density at radius 3 is 2.55 bits per heavy atom. The molecule has 2 rings (SSSR count). The number of esters is 1. The SMILES string of the molecule is Cc1ccccc1NC(=O)[C@H](C)OC(=O)c1cccc(F)c1. The summed E-state index contributed by atoms with van der Waals surface area (Å²) in [6.45, 7) is 3.32. The lowest BCUT2D eigenvalue weighted by molar-refractivity contribution is -0.123. The molecule has 1 amide bonds. The Hall–Kier alpha value is -2.69. The minimum Gasteiger partial charge on any atom is -0.449 e. The third-order valence-corrected chi connectivity index (χ3v) is 3.12. The molecule has 114 valence electrons. The maximum Gasteiger partial charge on any atom is 0.339 e. The number of hydrogen-bond acceptors (Lipinski definition) is 3. The van der Waals surface area contributed by atoms with E-state index in [1.54, 1.807) is 12.1 Å². The molecule has 0 aromatic heterocycles. The normalized spacial score (nSPS) is 11.6. The highest BCUT2D eigenvalue weighted by molar-refractivity contribution is 5.97. The maximum atomic E-state index is 13.1. The van der Waals surface area contributed by atoms with E-state index >= 15 is 0 Å². The largest absolute Gasteiger partial charge is 0.449 e. The van der Waals surface area contributed by atoms with Gasteiger partial charge in [0.25, 0.3) is 5.91 Å². The Kier molecular flexibility index (Phi) is 4.88. The molecule has 0 aliphatic rings. The number of amides is 1. The lowest BCUT2D eigenvalue weighted by Crippen LogP contribution is -2.30. The van der Waals surface area contributed by atoms with Crippen LogP contribution in [0.4, 0.5) is 10.1 Å². The second-order valence-corrected chi connectivity index (χ2v) is 4.86. The van der Waals surface area contributed by atoms with E-state index in [0.717, 1.165) is 11.6 Å². The van der Waals surface area contributed by atoms with Crippen molar-refractivity contribution in [1.29, 1.82) is 0 Å². The topological polar surface area (TPSA) is 55.4 Å². The van der Waals surface area contributed by atoms with Crippen molar-refractivity contribution < 1.29 is 18.7 Å². The van der Waals surface area contributed by atoms with Crippen LogP contribution in [0.3, 0.4) is 0 Å². The van der Waals surface area contributed by atoms with Crippen molar-refractivity contribution in [3.63, 3.8) is 0 Å². The van der Waals surface area contributed by atoms with Gasteiger partial charge in [-0.25, -0.2) is 9.18 Å². The molecule has 5 heteroatoms. The number of ether oxygens (including phenoxy) is 1. The second kappa shape index (κ2) is 6.85. The average Bonchev–Trinajstić information content (AvgIpc) is 2.49. The van der Waals surface area contributed by atoms with Gasteiger partial charge in [0.2, 0.25) is 0 Å². The Balaban J connectivity index is 1.99. The number of carbonyl (C=O) groups excluding carboxylic acids is 2. The first kappa shape index (κ1) is 15.7. The van der Waals surface area contributed by atoms with E-state index in [4.69, 9.17) is 4.74 Å². The fraction of sp³-hybridized carbons (Fsp3) is 0.176. The molecule has 0 saturated carbocycles. The first-order valence-corrected chi connectivity index (χ1v) is 6.80. The molecular formula is C17H16FNO3. The smallest absolute Gasteiger partial charge is 0.339 e. The molecule has 0 unspecified atom stereocenters. The Morgan fingerprint density at radius 1 is 1.14 bits per heavy atom. The summed E-state index contributed by atoms with van der Waals surface area (Å²) in [6, 6.07) is 12.4. The third-order valence-electron chi connectivity index (χ3n) is 3.12. The quantitative estimate of drug-likeness (QED) is 0.881. The molecule has 0 fully saturated rings. The van der Waals surface area contributed by atoms with Crippen molar-refractivity contribution in [2.45, 2.75) is 20.0 Å². The number of halogens is 1. The van der Waals surface area contributed by atoms with Gasteiger partial charge in [-0.15, -0.1) is 0 Å². The highest BCUT2D eigenvalue weighted by Crippen LogP contribution is 2.14. The maximum absolute atomic E-state index is 13.1. The van der Waals surface area contributed by atoms with Crippen LogP contribution in [0.25, 0.3) is 0 Å². The van der Waals surface area contributed by atoms with Crippen LogP contribution in [0.1, 0.15) is 22.8 Å². The van der Waals surface area contributed by atoms with Gasteiger partial charge in [-0.05, 0) is 43.7 Å². The highest BCUT2D eigenvalue weighted by Gasteiger charge is 2.19. The zero-order chi connectivity index (χ0) is 16.1. The molecule has 22 heavy (non-hydrogen) atoms. The minimum absolute atomic E-state index is 0.0653. The summed E-state index contributed by atoms with van der Waals surface area (Å²) < 4.78 is 18.1. The van der Waals surface area contributed by atoms with Gasteiger partial charge in [0.15, 0.2) is 6.10 Å². The molecular weight excluding hydrogens is 285 g/mol. The zero-order valence-electron chi connectivity index (χ0n) is 12.3. The van der Waals surface area contributed by atoms with Crippen LogP contribution in [-0.4, -0.2) is 18.0 Å². The molecule has 0 aliphatic heterocycles. The van der Waals surface area contributed by atoms with E-state index in [-0.39, 0.29) is 5.56 Å². The van der Waals surface area contributed by atoms with Crippen LogP contribution in [0.15, 0.2) is 48.5 Å². The van der Waals surface area contributed by atoms with Crippen molar-refractivity contribution in [3.8, 4) is 0 Å². The standard InChI is InChI=1S/C17H16FNO3/c1-11-6-3-4-9-15(11)19-16(20)12(2)22-17(21)13-7-5-8-14(18)10-13/h3-10,12H,1-2H3,(H,19,20)/t12-/m0/s1. The van der Waals surface area contributed by atoms with Gasteiger partial charge in [-0.3, -0.25) is 4.79 Å². The number of anilines is 1. The van der Waals surface area contributed by atoms with Crippen LogP contribution in [0.2, 0.25) is 0 Å². The number of nitrogens with one attached hydrogen (secondary N) is 1. The molecule has 0 bridgehead atoms. The number of carbonyl (C=O) groups is 2. The van der Waals surface area contributed by atoms with Crippen molar-refractivity contribution in [1.82, 2.24) is 0 Å². The first-order valence-electron chi connectivity index (χ1n) is 6.80. The molecule has 0 radical (unpaired) electrons. The van der Waals surface area contributed by atoms with Gasteiger partial charge >= 0.3 is 5.97 Å². The van der Waals surface area contributed by atoms with Gasteiger partial charge in [-0.2, -0.15) is 0 Å². The minimum atomic E-state index is -0.990. The third kappa shape index (κ3) is 3.91. The van der Waals surface area contributed by atoms with E-state index < -0.39 is 23.8 Å². The summed E-state index contributed by atoms with van der Waals surface area (Å²) >= 11 is 0. The molecule has 1 N–H and O–H groups in total. The second-order valence-electron chi connectivity index (χ2n) is 4.86. The molecule has 4 nitrogen and oxygen atoms in total. The van der Waals surface area contributed by atoms with E-state index in [2.05, 4.69) is 5.32 Å². The molecule has 2 aromatic carbocycles. The summed E-state index contributed by atoms with van der Waals surface area (Å²) in [5.74, 6) is -1.72. The lowest BCUT2D eigenvalue weighted by atomic mass is 10.2. The summed E-state index contributed by atoms with van der Waals surface area (Å²) in [5.41, 5.74) is 1.62. The Morgan fingerprint density at radius 2 is 1.86 bits per heavy atom. The summed E-state index contributed by atoms with van der Waals surface area (Å²) in [6.07, 6.45) is -0.990. The molecule has 1 atom stereocenters. The Labute approximate surface area is 127 Å². The monoisotopic (exact) mass is 301 g/mol. The fourth-order valence-electron chi connectivity index (χ4n) is 1.85. The van der Waals surface area contributed by atoms with Gasteiger partial charge in [-0.1, -0.05) is 24.3 Å². The van der Waals surface area contributed by atoms with Crippen LogP contribution in [-0.2, 0) is 9.53 Å². The van der Waals surface area contributed by atoms with Crippen LogP contribution in [0.5, 0.6) is 0 Å². The number of para-hydroxylation sites is 1. The predicted molar refractivity (Wildman–Crippen MR) is 81.1 cm³/mol. The van der Waals surface area contributed by atoms with E-state index in [9.17, 15) is 14.0 Å². The molecule has 0 aliphatic carbocycles. The van der Waals surface area contributed by atoms with Gasteiger partial charge in [0, 0.05) is 5.69 Å². The van der Waals surface area contributed by atoms with Crippen molar-refractivity contribution >= 4 is 17.6 Å². The predicted octanol–water partition coefficient (Wildman–Crippen LogP) is 3.32. The molecule has 0 heterocycles. The van der Waals surface area contributed by atoms with Gasteiger partial charge in [0.1, 0.15) is 5.82 Å². The molecule has 0 saturated heterocycles. The summed E-state index contributed by atoms with van der Waals surface area (Å²) in [5, 5.41) is 2.69. The number of rotatable bonds is 4. The number of benzene rings is 2. The fourth-order valence-corrected chi connectivity index (χ4v) is 1.85.